The van der Waals surface area contributed by atoms with Gasteiger partial charge >= 0.3 is 0 Å². The first-order chi connectivity index (χ1) is 12.3. The molecule has 0 saturated carbocycles. The molecule has 2 aromatic heterocycles. The molecule has 0 bridgehead atoms. The molecule has 0 saturated heterocycles. The second-order valence-electron chi connectivity index (χ2n) is 5.58. The van der Waals surface area contributed by atoms with E-state index in [1.165, 1.54) is 23.3 Å². The summed E-state index contributed by atoms with van der Waals surface area (Å²) in [7, 11) is 1.59. The van der Waals surface area contributed by atoms with Gasteiger partial charge in [-0.2, -0.15) is 0 Å². The van der Waals surface area contributed by atoms with E-state index in [9.17, 15) is 4.79 Å². The lowest BCUT2D eigenvalue weighted by molar-refractivity contribution is 0.0936. The quantitative estimate of drug-likeness (QED) is 0.546. The Balaban J connectivity index is 1.51. The van der Waals surface area contributed by atoms with Crippen molar-refractivity contribution in [2.75, 3.05) is 32.1 Å². The third-order valence-electron chi connectivity index (χ3n) is 3.86. The molecule has 0 aliphatic rings. The normalized spacial score (nSPS) is 10.8. The van der Waals surface area contributed by atoms with E-state index >= 15 is 0 Å². The van der Waals surface area contributed by atoms with Crippen molar-refractivity contribution in [2.45, 2.75) is 6.42 Å². The Morgan fingerprint density at radius 1 is 1.20 bits per heavy atom. The second-order valence-corrected chi connectivity index (χ2v) is 5.58. The van der Waals surface area contributed by atoms with Gasteiger partial charge in [0.25, 0.3) is 5.91 Å². The number of benzene rings is 1. The number of carbonyl (C=O) groups excluding carboxylic acids is 1. The first-order valence-corrected chi connectivity index (χ1v) is 8.16. The van der Waals surface area contributed by atoms with Crippen LogP contribution in [0.15, 0.2) is 42.9 Å². The minimum Gasteiger partial charge on any atom is -0.383 e. The number of amides is 1. The zero-order valence-corrected chi connectivity index (χ0v) is 14.1. The molecule has 0 radical (unpaired) electrons. The maximum absolute atomic E-state index is 11.9. The van der Waals surface area contributed by atoms with Crippen molar-refractivity contribution in [3.8, 4) is 0 Å². The Morgan fingerprint density at radius 3 is 2.80 bits per heavy atom. The number of nitrogens with one attached hydrogen (secondary N) is 3. The number of para-hydroxylation sites is 1. The SMILES string of the molecule is COCCNC(=O)c1cnc(NCCc2c[nH]c3ccccc23)nc1. The molecule has 0 aliphatic heterocycles. The number of fused-ring (bicyclic) bond motifs is 1. The van der Waals surface area contributed by atoms with Gasteiger partial charge in [0.2, 0.25) is 5.95 Å². The molecule has 7 heteroatoms. The Labute approximate surface area is 145 Å². The Bertz CT molecular complexity index is 829. The average Bonchev–Trinajstić information content (AvgIpc) is 3.06. The van der Waals surface area contributed by atoms with Gasteiger partial charge in [-0.1, -0.05) is 18.2 Å². The van der Waals surface area contributed by atoms with E-state index in [0.29, 0.717) is 31.2 Å². The number of carbonyl (C=O) groups is 1. The summed E-state index contributed by atoms with van der Waals surface area (Å²) in [6, 6.07) is 8.22. The smallest absolute Gasteiger partial charge is 0.254 e. The van der Waals surface area contributed by atoms with Gasteiger partial charge in [0.1, 0.15) is 0 Å². The van der Waals surface area contributed by atoms with Crippen LogP contribution in [0.4, 0.5) is 5.95 Å². The highest BCUT2D eigenvalue weighted by atomic mass is 16.5. The van der Waals surface area contributed by atoms with Crippen molar-refractivity contribution >= 4 is 22.8 Å². The predicted octanol–water partition coefficient (Wildman–Crippen LogP) is 1.99. The fourth-order valence-electron chi connectivity index (χ4n) is 2.55. The van der Waals surface area contributed by atoms with E-state index in [-0.39, 0.29) is 5.91 Å². The van der Waals surface area contributed by atoms with E-state index in [1.807, 2.05) is 18.3 Å². The summed E-state index contributed by atoms with van der Waals surface area (Å²) >= 11 is 0. The summed E-state index contributed by atoms with van der Waals surface area (Å²) in [5.41, 5.74) is 2.81. The molecule has 2 heterocycles. The third-order valence-corrected chi connectivity index (χ3v) is 3.86. The molecule has 3 aromatic rings. The maximum atomic E-state index is 11.9. The van der Waals surface area contributed by atoms with Crippen molar-refractivity contribution in [2.24, 2.45) is 0 Å². The van der Waals surface area contributed by atoms with Crippen LogP contribution >= 0.6 is 0 Å². The van der Waals surface area contributed by atoms with Gasteiger partial charge in [0, 0.05) is 49.7 Å². The lowest BCUT2D eigenvalue weighted by Crippen LogP contribution is -2.27. The van der Waals surface area contributed by atoms with Crippen molar-refractivity contribution in [3.63, 3.8) is 0 Å². The van der Waals surface area contributed by atoms with Gasteiger partial charge in [0.05, 0.1) is 12.2 Å². The largest absolute Gasteiger partial charge is 0.383 e. The Morgan fingerprint density at radius 2 is 2.00 bits per heavy atom. The van der Waals surface area contributed by atoms with E-state index in [1.54, 1.807) is 7.11 Å². The highest BCUT2D eigenvalue weighted by Gasteiger charge is 2.07. The second kappa shape index (κ2) is 8.25. The number of H-pyrrole nitrogens is 1. The third kappa shape index (κ3) is 4.33. The molecule has 0 atom stereocenters. The van der Waals surface area contributed by atoms with Gasteiger partial charge in [0.15, 0.2) is 0 Å². The maximum Gasteiger partial charge on any atom is 0.254 e. The number of hydrogen-bond acceptors (Lipinski definition) is 5. The molecule has 1 aromatic carbocycles. The van der Waals surface area contributed by atoms with E-state index in [4.69, 9.17) is 4.74 Å². The lowest BCUT2D eigenvalue weighted by atomic mass is 10.1. The molecule has 0 unspecified atom stereocenters. The number of hydrogen-bond donors (Lipinski definition) is 3. The number of aromatic nitrogens is 3. The van der Waals surface area contributed by atoms with Crippen molar-refractivity contribution in [1.29, 1.82) is 0 Å². The first-order valence-electron chi connectivity index (χ1n) is 8.16. The summed E-state index contributed by atoms with van der Waals surface area (Å²) < 4.78 is 4.89. The molecule has 0 fully saturated rings. The van der Waals surface area contributed by atoms with Gasteiger partial charge < -0.3 is 20.4 Å². The summed E-state index contributed by atoms with van der Waals surface area (Å²) in [4.78, 5) is 23.5. The van der Waals surface area contributed by atoms with Crippen LogP contribution in [0.1, 0.15) is 15.9 Å². The van der Waals surface area contributed by atoms with Crippen LogP contribution in [0.25, 0.3) is 10.9 Å². The van der Waals surface area contributed by atoms with E-state index < -0.39 is 0 Å². The molecule has 3 N–H and O–H groups in total. The molecule has 130 valence electrons. The highest BCUT2D eigenvalue weighted by Crippen LogP contribution is 2.17. The fourth-order valence-corrected chi connectivity index (χ4v) is 2.55. The average molecular weight is 339 g/mol. The van der Waals surface area contributed by atoms with E-state index in [0.717, 1.165) is 11.9 Å². The van der Waals surface area contributed by atoms with Crippen LogP contribution in [0.2, 0.25) is 0 Å². The van der Waals surface area contributed by atoms with Gasteiger partial charge in [-0.25, -0.2) is 9.97 Å². The van der Waals surface area contributed by atoms with Crippen molar-refractivity contribution in [1.82, 2.24) is 20.3 Å². The van der Waals surface area contributed by atoms with Crippen molar-refractivity contribution in [3.05, 3.63) is 54.0 Å². The molecular weight excluding hydrogens is 318 g/mol. The number of methoxy groups -OCH3 is 1. The standard InChI is InChI=1S/C18H21N5O2/c1-25-9-8-19-17(24)14-11-22-18(23-12-14)20-7-6-13-10-21-16-5-3-2-4-15(13)16/h2-5,10-12,21H,6-9H2,1H3,(H,19,24)(H,20,22,23). The lowest BCUT2D eigenvalue weighted by Gasteiger charge is -2.06. The topological polar surface area (TPSA) is 91.9 Å². The molecule has 3 rings (SSSR count). The number of ether oxygens (including phenoxy) is 1. The summed E-state index contributed by atoms with van der Waals surface area (Å²) in [5, 5.41) is 7.14. The molecular formula is C18H21N5O2. The highest BCUT2D eigenvalue weighted by molar-refractivity contribution is 5.93. The fraction of sp³-hybridized carbons (Fsp3) is 0.278. The zero-order chi connectivity index (χ0) is 17.5. The molecule has 7 nitrogen and oxygen atoms in total. The van der Waals surface area contributed by atoms with Gasteiger partial charge in [-0.15, -0.1) is 0 Å². The first kappa shape index (κ1) is 16.9. The molecule has 0 spiro atoms. The minimum atomic E-state index is -0.206. The number of rotatable bonds is 8. The summed E-state index contributed by atoms with van der Waals surface area (Å²) in [6.07, 6.45) is 5.92. The monoisotopic (exact) mass is 339 g/mol. The molecule has 0 aliphatic carbocycles. The minimum absolute atomic E-state index is 0.206. The Kier molecular flexibility index (Phi) is 5.58. The van der Waals surface area contributed by atoms with Crippen LogP contribution in [0.5, 0.6) is 0 Å². The van der Waals surface area contributed by atoms with E-state index in [2.05, 4.69) is 37.7 Å². The number of nitrogens with zero attached hydrogens (tertiary/aromatic N) is 2. The molecule has 1 amide bonds. The van der Waals surface area contributed by atoms with Crippen LogP contribution in [-0.4, -0.2) is 47.7 Å². The molecule has 25 heavy (non-hydrogen) atoms. The van der Waals surface area contributed by atoms with Crippen LogP contribution in [0.3, 0.4) is 0 Å². The van der Waals surface area contributed by atoms with Crippen molar-refractivity contribution < 1.29 is 9.53 Å². The van der Waals surface area contributed by atoms with Crippen LogP contribution < -0.4 is 10.6 Å². The van der Waals surface area contributed by atoms with Crippen LogP contribution in [0, 0.1) is 0 Å². The number of aromatic amines is 1. The van der Waals surface area contributed by atoms with Gasteiger partial charge in [-0.3, -0.25) is 4.79 Å². The Hall–Kier alpha value is -2.93. The summed E-state index contributed by atoms with van der Waals surface area (Å²) in [5.74, 6) is 0.302. The van der Waals surface area contributed by atoms with Gasteiger partial charge in [-0.05, 0) is 18.1 Å². The van der Waals surface area contributed by atoms with Crippen LogP contribution in [-0.2, 0) is 11.2 Å². The summed E-state index contributed by atoms with van der Waals surface area (Å²) in [6.45, 7) is 1.64. The number of anilines is 1. The zero-order valence-electron chi connectivity index (χ0n) is 14.1. The predicted molar refractivity (Wildman–Crippen MR) is 96.7 cm³/mol.